The number of para-hydroxylation sites is 1. The first kappa shape index (κ1) is 16.1. The fourth-order valence-corrected chi connectivity index (χ4v) is 1.98. The summed E-state index contributed by atoms with van der Waals surface area (Å²) in [4.78, 5) is 12.2. The molecular formula is C18H16N2O3. The average molecular weight is 308 g/mol. The smallest absolute Gasteiger partial charge is 0.266 e. The number of methoxy groups -OCH3 is 2. The highest BCUT2D eigenvalue weighted by atomic mass is 16.5. The van der Waals surface area contributed by atoms with E-state index in [2.05, 4.69) is 5.32 Å². The number of hydrogen-bond acceptors (Lipinski definition) is 4. The number of rotatable bonds is 5. The highest BCUT2D eigenvalue weighted by molar-refractivity contribution is 6.09. The maximum atomic E-state index is 12.2. The van der Waals surface area contributed by atoms with Crippen molar-refractivity contribution in [2.45, 2.75) is 0 Å². The van der Waals surface area contributed by atoms with Gasteiger partial charge in [-0.3, -0.25) is 4.79 Å². The summed E-state index contributed by atoms with van der Waals surface area (Å²) >= 11 is 0. The minimum atomic E-state index is -0.464. The number of benzene rings is 2. The Balaban J connectivity index is 2.25. The van der Waals surface area contributed by atoms with E-state index >= 15 is 0 Å². The van der Waals surface area contributed by atoms with Crippen molar-refractivity contribution < 1.29 is 14.3 Å². The van der Waals surface area contributed by atoms with Crippen molar-refractivity contribution in [1.82, 2.24) is 0 Å². The average Bonchev–Trinajstić information content (AvgIpc) is 2.60. The van der Waals surface area contributed by atoms with Gasteiger partial charge in [-0.25, -0.2) is 0 Å². The highest BCUT2D eigenvalue weighted by Crippen LogP contribution is 2.28. The maximum absolute atomic E-state index is 12.2. The largest absolute Gasteiger partial charge is 0.493 e. The quantitative estimate of drug-likeness (QED) is 0.680. The lowest BCUT2D eigenvalue weighted by Gasteiger charge is -2.08. The van der Waals surface area contributed by atoms with Crippen molar-refractivity contribution in [3.8, 4) is 17.6 Å². The lowest BCUT2D eigenvalue weighted by molar-refractivity contribution is -0.112. The molecule has 2 aromatic rings. The van der Waals surface area contributed by atoms with Gasteiger partial charge in [0.2, 0.25) is 0 Å². The second-order valence-electron chi connectivity index (χ2n) is 4.60. The third kappa shape index (κ3) is 4.11. The Morgan fingerprint density at radius 2 is 1.78 bits per heavy atom. The summed E-state index contributed by atoms with van der Waals surface area (Å²) in [5, 5.41) is 11.9. The van der Waals surface area contributed by atoms with Crippen LogP contribution in [0.5, 0.6) is 11.5 Å². The molecule has 1 amide bonds. The minimum Gasteiger partial charge on any atom is -0.493 e. The van der Waals surface area contributed by atoms with Crippen molar-refractivity contribution in [2.24, 2.45) is 0 Å². The molecule has 0 radical (unpaired) electrons. The molecule has 5 heteroatoms. The first-order valence-corrected chi connectivity index (χ1v) is 6.88. The zero-order valence-electron chi connectivity index (χ0n) is 12.9. The van der Waals surface area contributed by atoms with Crippen molar-refractivity contribution in [2.75, 3.05) is 19.5 Å². The first-order chi connectivity index (χ1) is 11.2. The van der Waals surface area contributed by atoms with Crippen LogP contribution in [0.4, 0.5) is 5.69 Å². The van der Waals surface area contributed by atoms with Crippen LogP contribution in [-0.4, -0.2) is 20.1 Å². The topological polar surface area (TPSA) is 71.3 Å². The molecule has 0 aliphatic carbocycles. The number of hydrogen-bond donors (Lipinski definition) is 1. The molecular weight excluding hydrogens is 292 g/mol. The number of nitriles is 1. The molecule has 0 saturated heterocycles. The predicted octanol–water partition coefficient (Wildman–Crippen LogP) is 3.25. The Labute approximate surface area is 134 Å². The van der Waals surface area contributed by atoms with E-state index in [1.54, 1.807) is 49.6 Å². The minimum absolute atomic E-state index is 0.000993. The molecule has 2 aromatic carbocycles. The Morgan fingerprint density at radius 3 is 2.39 bits per heavy atom. The Hall–Kier alpha value is -3.26. The molecule has 23 heavy (non-hydrogen) atoms. The number of nitrogens with one attached hydrogen (secondary N) is 1. The molecule has 1 N–H and O–H groups in total. The van der Waals surface area contributed by atoms with Crippen LogP contribution in [0.25, 0.3) is 6.08 Å². The second kappa shape index (κ2) is 7.66. The molecule has 116 valence electrons. The zero-order chi connectivity index (χ0) is 16.7. The molecule has 0 unspecified atom stereocenters. The molecule has 0 bridgehead atoms. The van der Waals surface area contributed by atoms with Crippen LogP contribution in [0.3, 0.4) is 0 Å². The Morgan fingerprint density at radius 1 is 1.09 bits per heavy atom. The maximum Gasteiger partial charge on any atom is 0.266 e. The number of ether oxygens (including phenoxy) is 2. The summed E-state index contributed by atoms with van der Waals surface area (Å²) in [5.74, 6) is 0.646. The summed E-state index contributed by atoms with van der Waals surface area (Å²) in [6, 6.07) is 16.0. The lowest BCUT2D eigenvalue weighted by atomic mass is 10.1. The van der Waals surface area contributed by atoms with Crippen molar-refractivity contribution in [3.05, 3.63) is 59.7 Å². The number of nitrogens with zero attached hydrogens (tertiary/aromatic N) is 1. The number of amides is 1. The van der Waals surface area contributed by atoms with E-state index in [0.29, 0.717) is 22.7 Å². The predicted molar refractivity (Wildman–Crippen MR) is 88.2 cm³/mol. The summed E-state index contributed by atoms with van der Waals surface area (Å²) < 4.78 is 10.4. The van der Waals surface area contributed by atoms with Crippen LogP contribution < -0.4 is 14.8 Å². The summed E-state index contributed by atoms with van der Waals surface area (Å²) in [5.41, 5.74) is 1.30. The van der Waals surface area contributed by atoms with Crippen LogP contribution in [0.1, 0.15) is 5.56 Å². The van der Waals surface area contributed by atoms with E-state index in [1.165, 1.54) is 13.2 Å². The number of anilines is 1. The molecule has 0 saturated carbocycles. The summed E-state index contributed by atoms with van der Waals surface area (Å²) in [7, 11) is 3.07. The van der Waals surface area contributed by atoms with Crippen LogP contribution in [-0.2, 0) is 4.79 Å². The fraction of sp³-hybridized carbons (Fsp3) is 0.111. The van der Waals surface area contributed by atoms with Crippen LogP contribution in [0.2, 0.25) is 0 Å². The lowest BCUT2D eigenvalue weighted by Crippen LogP contribution is -2.13. The van der Waals surface area contributed by atoms with E-state index < -0.39 is 5.91 Å². The molecule has 5 nitrogen and oxygen atoms in total. The van der Waals surface area contributed by atoms with Gasteiger partial charge in [-0.1, -0.05) is 24.3 Å². The van der Waals surface area contributed by atoms with Crippen LogP contribution in [0.15, 0.2) is 54.1 Å². The molecule has 0 aliphatic heterocycles. The van der Waals surface area contributed by atoms with E-state index in [4.69, 9.17) is 9.47 Å². The van der Waals surface area contributed by atoms with Gasteiger partial charge in [0.25, 0.3) is 5.91 Å². The van der Waals surface area contributed by atoms with E-state index in [0.717, 1.165) is 0 Å². The summed E-state index contributed by atoms with van der Waals surface area (Å²) in [6.45, 7) is 0. The van der Waals surface area contributed by atoms with Crippen molar-refractivity contribution >= 4 is 17.7 Å². The van der Waals surface area contributed by atoms with Crippen molar-refractivity contribution in [1.29, 1.82) is 5.26 Å². The van der Waals surface area contributed by atoms with Gasteiger partial charge in [0.15, 0.2) is 11.5 Å². The standard InChI is InChI=1S/C18H16N2O3/c1-22-16-9-8-13(11-17(16)23-2)10-14(12-19)18(21)20-15-6-4-3-5-7-15/h3-11H,1-2H3,(H,20,21)/b14-10-. The Kier molecular flexibility index (Phi) is 5.37. The van der Waals surface area contributed by atoms with Gasteiger partial charge in [0.1, 0.15) is 11.6 Å². The molecule has 0 aromatic heterocycles. The van der Waals surface area contributed by atoms with Gasteiger partial charge in [0.05, 0.1) is 14.2 Å². The first-order valence-electron chi connectivity index (χ1n) is 6.88. The molecule has 0 aliphatic rings. The number of carbonyl (C=O) groups is 1. The zero-order valence-corrected chi connectivity index (χ0v) is 12.9. The van der Waals surface area contributed by atoms with Gasteiger partial charge in [-0.15, -0.1) is 0 Å². The normalized spacial score (nSPS) is 10.6. The number of carbonyl (C=O) groups excluding carboxylic acids is 1. The molecule has 0 fully saturated rings. The molecule has 0 spiro atoms. The molecule has 2 rings (SSSR count). The Bertz CT molecular complexity index is 762. The van der Waals surface area contributed by atoms with Gasteiger partial charge >= 0.3 is 0 Å². The third-order valence-electron chi connectivity index (χ3n) is 3.12. The van der Waals surface area contributed by atoms with Crippen molar-refractivity contribution in [3.63, 3.8) is 0 Å². The van der Waals surface area contributed by atoms with E-state index in [1.807, 2.05) is 12.1 Å². The SMILES string of the molecule is COc1ccc(/C=C(/C#N)C(=O)Nc2ccccc2)cc1OC. The molecule has 0 atom stereocenters. The van der Waals surface area contributed by atoms with Crippen LogP contribution >= 0.6 is 0 Å². The van der Waals surface area contributed by atoms with Gasteiger partial charge in [-0.05, 0) is 35.9 Å². The monoisotopic (exact) mass is 308 g/mol. The molecule has 0 heterocycles. The third-order valence-corrected chi connectivity index (χ3v) is 3.12. The van der Waals surface area contributed by atoms with Gasteiger partial charge in [-0.2, -0.15) is 5.26 Å². The van der Waals surface area contributed by atoms with E-state index in [-0.39, 0.29) is 5.57 Å². The van der Waals surface area contributed by atoms with Gasteiger partial charge < -0.3 is 14.8 Å². The fourth-order valence-electron chi connectivity index (χ4n) is 1.98. The van der Waals surface area contributed by atoms with Crippen LogP contribution in [0, 0.1) is 11.3 Å². The second-order valence-corrected chi connectivity index (χ2v) is 4.60. The highest BCUT2D eigenvalue weighted by Gasteiger charge is 2.10. The summed E-state index contributed by atoms with van der Waals surface area (Å²) in [6.07, 6.45) is 1.50. The van der Waals surface area contributed by atoms with Gasteiger partial charge in [0, 0.05) is 5.69 Å². The van der Waals surface area contributed by atoms with E-state index in [9.17, 15) is 10.1 Å².